The van der Waals surface area contributed by atoms with E-state index in [2.05, 4.69) is 5.32 Å². The molecule has 0 heterocycles. The van der Waals surface area contributed by atoms with Gasteiger partial charge >= 0.3 is 0 Å². The van der Waals surface area contributed by atoms with Gasteiger partial charge in [0, 0.05) is 25.0 Å². The number of carbonyl (C=O) groups excluding carboxylic acids is 2. The first-order valence-corrected chi connectivity index (χ1v) is 10.9. The number of nitrogens with one attached hydrogen (secondary N) is 1. The SMILES string of the molecule is CNC(=O)[C@H](Cc1ccccc1)N(Cc1cccc(OC)c1)C(=O)COc1ccc(Cl)cc1. The first-order valence-electron chi connectivity index (χ1n) is 10.6. The zero-order valence-electron chi connectivity index (χ0n) is 18.7. The van der Waals surface area contributed by atoms with Crippen molar-refractivity contribution in [1.82, 2.24) is 10.2 Å². The van der Waals surface area contributed by atoms with Crippen molar-refractivity contribution in [2.75, 3.05) is 20.8 Å². The van der Waals surface area contributed by atoms with Crippen LogP contribution in [0.25, 0.3) is 0 Å². The molecule has 0 fully saturated rings. The summed E-state index contributed by atoms with van der Waals surface area (Å²) in [7, 11) is 3.16. The number of nitrogens with zero attached hydrogens (tertiary/aromatic N) is 1. The Kier molecular flexibility index (Phi) is 8.72. The minimum atomic E-state index is -0.718. The number of halogens is 1. The minimum absolute atomic E-state index is 0.214. The second-order valence-electron chi connectivity index (χ2n) is 7.44. The van der Waals surface area contributed by atoms with Crippen molar-refractivity contribution in [3.8, 4) is 11.5 Å². The number of amides is 2. The smallest absolute Gasteiger partial charge is 0.261 e. The summed E-state index contributed by atoms with van der Waals surface area (Å²) >= 11 is 5.92. The fraction of sp³-hybridized carbons (Fsp3) is 0.231. The highest BCUT2D eigenvalue weighted by Crippen LogP contribution is 2.20. The van der Waals surface area contributed by atoms with Gasteiger partial charge in [0.05, 0.1) is 7.11 Å². The Labute approximate surface area is 199 Å². The van der Waals surface area contributed by atoms with Crippen LogP contribution in [-0.2, 0) is 22.6 Å². The molecule has 1 N–H and O–H groups in total. The van der Waals surface area contributed by atoms with Crippen LogP contribution in [0.4, 0.5) is 0 Å². The van der Waals surface area contributed by atoms with Gasteiger partial charge in [0.1, 0.15) is 17.5 Å². The summed E-state index contributed by atoms with van der Waals surface area (Å²) in [4.78, 5) is 27.8. The summed E-state index contributed by atoms with van der Waals surface area (Å²) in [5, 5.41) is 3.28. The molecule has 6 nitrogen and oxygen atoms in total. The zero-order chi connectivity index (χ0) is 23.6. The average molecular weight is 467 g/mol. The molecule has 0 bridgehead atoms. The van der Waals surface area contributed by atoms with Gasteiger partial charge in [-0.15, -0.1) is 0 Å². The monoisotopic (exact) mass is 466 g/mol. The third-order valence-corrected chi connectivity index (χ3v) is 5.43. The second kappa shape index (κ2) is 11.9. The Morgan fingerprint density at radius 2 is 1.64 bits per heavy atom. The number of hydrogen-bond donors (Lipinski definition) is 1. The van der Waals surface area contributed by atoms with Gasteiger partial charge in [-0.2, -0.15) is 0 Å². The van der Waals surface area contributed by atoms with Crippen LogP contribution in [0.5, 0.6) is 11.5 Å². The number of rotatable bonds is 10. The van der Waals surface area contributed by atoms with E-state index < -0.39 is 6.04 Å². The van der Waals surface area contributed by atoms with Crippen molar-refractivity contribution >= 4 is 23.4 Å². The molecule has 0 aliphatic heterocycles. The van der Waals surface area contributed by atoms with E-state index in [-0.39, 0.29) is 25.0 Å². The fourth-order valence-corrected chi connectivity index (χ4v) is 3.57. The van der Waals surface area contributed by atoms with Crippen molar-refractivity contribution in [3.63, 3.8) is 0 Å². The van der Waals surface area contributed by atoms with Gasteiger partial charge in [0.15, 0.2) is 6.61 Å². The highest BCUT2D eigenvalue weighted by atomic mass is 35.5. The molecule has 0 spiro atoms. The lowest BCUT2D eigenvalue weighted by Gasteiger charge is -2.31. The largest absolute Gasteiger partial charge is 0.497 e. The normalized spacial score (nSPS) is 11.4. The van der Waals surface area contributed by atoms with E-state index in [1.807, 2.05) is 54.6 Å². The van der Waals surface area contributed by atoms with E-state index in [1.54, 1.807) is 43.3 Å². The van der Waals surface area contributed by atoms with Crippen LogP contribution in [0, 0.1) is 0 Å². The van der Waals surface area contributed by atoms with Gasteiger partial charge in [-0.05, 0) is 47.5 Å². The number of methoxy groups -OCH3 is 1. The van der Waals surface area contributed by atoms with Crippen molar-refractivity contribution < 1.29 is 19.1 Å². The molecule has 1 atom stereocenters. The number of benzene rings is 3. The first-order chi connectivity index (χ1) is 16.0. The summed E-state index contributed by atoms with van der Waals surface area (Å²) in [6.07, 6.45) is 0.372. The Morgan fingerprint density at radius 3 is 2.30 bits per heavy atom. The second-order valence-corrected chi connectivity index (χ2v) is 7.87. The maximum absolute atomic E-state index is 13.4. The predicted molar refractivity (Wildman–Crippen MR) is 128 cm³/mol. The Balaban J connectivity index is 1.87. The van der Waals surface area contributed by atoms with Crippen LogP contribution in [0.15, 0.2) is 78.9 Å². The molecule has 3 aromatic carbocycles. The van der Waals surface area contributed by atoms with Crippen molar-refractivity contribution in [1.29, 1.82) is 0 Å². The van der Waals surface area contributed by atoms with Crippen LogP contribution in [0.1, 0.15) is 11.1 Å². The average Bonchev–Trinajstić information content (AvgIpc) is 2.86. The number of likely N-dealkylation sites (N-methyl/N-ethyl adjacent to an activating group) is 1. The predicted octanol–water partition coefficient (Wildman–Crippen LogP) is 4.11. The van der Waals surface area contributed by atoms with E-state index in [4.69, 9.17) is 21.1 Å². The summed E-state index contributed by atoms with van der Waals surface area (Å²) in [6.45, 7) is 0.0127. The highest BCUT2D eigenvalue weighted by Gasteiger charge is 2.30. The molecule has 0 aliphatic rings. The van der Waals surface area contributed by atoms with Crippen LogP contribution in [-0.4, -0.2) is 43.5 Å². The van der Waals surface area contributed by atoms with Crippen LogP contribution in [0.3, 0.4) is 0 Å². The molecule has 33 heavy (non-hydrogen) atoms. The third-order valence-electron chi connectivity index (χ3n) is 5.18. The van der Waals surface area contributed by atoms with E-state index in [0.29, 0.717) is 22.9 Å². The topological polar surface area (TPSA) is 67.9 Å². The quantitative estimate of drug-likeness (QED) is 0.488. The Bertz CT molecular complexity index is 1060. The Morgan fingerprint density at radius 1 is 0.939 bits per heavy atom. The van der Waals surface area contributed by atoms with Crippen LogP contribution >= 0.6 is 11.6 Å². The van der Waals surface area contributed by atoms with Gasteiger partial charge in [0.2, 0.25) is 5.91 Å². The maximum atomic E-state index is 13.4. The van der Waals surface area contributed by atoms with Crippen molar-refractivity contribution in [3.05, 3.63) is 95.0 Å². The molecular weight excluding hydrogens is 440 g/mol. The van der Waals surface area contributed by atoms with Crippen molar-refractivity contribution in [2.45, 2.75) is 19.0 Å². The molecule has 0 unspecified atom stereocenters. The van der Waals surface area contributed by atoms with Crippen molar-refractivity contribution in [2.24, 2.45) is 0 Å². The first kappa shape index (κ1) is 24.1. The molecule has 0 saturated heterocycles. The molecule has 7 heteroatoms. The Hall–Kier alpha value is -3.51. The summed E-state index contributed by atoms with van der Waals surface area (Å²) in [5.74, 6) is 0.643. The van der Waals surface area contributed by atoms with Gasteiger partial charge in [-0.1, -0.05) is 54.1 Å². The molecule has 0 aliphatic carbocycles. The minimum Gasteiger partial charge on any atom is -0.497 e. The summed E-state index contributed by atoms with van der Waals surface area (Å²) in [5.41, 5.74) is 1.80. The standard InChI is InChI=1S/C26H27ClN2O4/c1-28-26(31)24(16-19-7-4-3-5-8-19)29(17-20-9-6-10-23(15-20)32-2)25(30)18-33-22-13-11-21(27)12-14-22/h3-15,24H,16-18H2,1-2H3,(H,28,31)/t24-/m0/s1. The van der Waals surface area contributed by atoms with E-state index in [9.17, 15) is 9.59 Å². The molecule has 0 saturated carbocycles. The highest BCUT2D eigenvalue weighted by molar-refractivity contribution is 6.30. The maximum Gasteiger partial charge on any atom is 0.261 e. The van der Waals surface area contributed by atoms with E-state index in [0.717, 1.165) is 11.1 Å². The number of carbonyl (C=O) groups is 2. The van der Waals surface area contributed by atoms with Crippen LogP contribution in [0.2, 0.25) is 5.02 Å². The fourth-order valence-electron chi connectivity index (χ4n) is 3.45. The molecule has 0 aromatic heterocycles. The number of hydrogen-bond acceptors (Lipinski definition) is 4. The third kappa shape index (κ3) is 6.99. The summed E-state index contributed by atoms with van der Waals surface area (Å²) in [6, 6.07) is 23.1. The molecule has 172 valence electrons. The van der Waals surface area contributed by atoms with E-state index in [1.165, 1.54) is 0 Å². The number of ether oxygens (including phenoxy) is 2. The van der Waals surface area contributed by atoms with Gasteiger partial charge in [-0.25, -0.2) is 0 Å². The molecule has 2 amide bonds. The molecule has 3 rings (SSSR count). The van der Waals surface area contributed by atoms with Gasteiger partial charge in [-0.3, -0.25) is 9.59 Å². The van der Waals surface area contributed by atoms with Gasteiger partial charge < -0.3 is 19.7 Å². The zero-order valence-corrected chi connectivity index (χ0v) is 19.4. The molecule has 0 radical (unpaired) electrons. The molecule has 3 aromatic rings. The summed E-state index contributed by atoms with van der Waals surface area (Å²) < 4.78 is 11.0. The molecular formula is C26H27ClN2O4. The van der Waals surface area contributed by atoms with Crippen LogP contribution < -0.4 is 14.8 Å². The lowest BCUT2D eigenvalue weighted by Crippen LogP contribution is -2.51. The lowest BCUT2D eigenvalue weighted by atomic mass is 10.0. The van der Waals surface area contributed by atoms with E-state index >= 15 is 0 Å². The van der Waals surface area contributed by atoms with Gasteiger partial charge in [0.25, 0.3) is 5.91 Å². The lowest BCUT2D eigenvalue weighted by molar-refractivity contribution is -0.142.